The summed E-state index contributed by atoms with van der Waals surface area (Å²) < 4.78 is 0. The molecule has 2 heterocycles. The summed E-state index contributed by atoms with van der Waals surface area (Å²) in [7, 11) is 0. The molecule has 4 amide bonds. The molecule has 0 aliphatic carbocycles. The van der Waals surface area contributed by atoms with Gasteiger partial charge in [-0.1, -0.05) is 51.9 Å². The molecule has 0 aliphatic heterocycles. The number of aliphatic hydroxyl groups excluding tert-OH is 1. The first kappa shape index (κ1) is 32.4. The van der Waals surface area contributed by atoms with Crippen molar-refractivity contribution in [2.75, 3.05) is 6.61 Å². The van der Waals surface area contributed by atoms with Crippen LogP contribution in [-0.2, 0) is 32.0 Å². The fraction of sp³-hybridized carbons (Fsp3) is 0.615. The van der Waals surface area contributed by atoms with Gasteiger partial charge in [-0.3, -0.25) is 24.4 Å². The van der Waals surface area contributed by atoms with Gasteiger partial charge in [0.05, 0.1) is 19.3 Å². The van der Waals surface area contributed by atoms with Crippen LogP contribution in [0.2, 0.25) is 0 Å². The van der Waals surface area contributed by atoms with Crippen LogP contribution in [0.4, 0.5) is 0 Å². The Bertz CT molecular complexity index is 1010. The molecule has 0 saturated carbocycles. The molecule has 0 aliphatic rings. The Hall–Kier alpha value is -3.78. The first-order valence-corrected chi connectivity index (χ1v) is 13.8. The largest absolute Gasteiger partial charge is 0.394 e. The third-order valence-corrected chi connectivity index (χ3v) is 6.43. The molecular formula is C26H42N8O6. The fourth-order valence-electron chi connectivity index (χ4n) is 4.15. The van der Waals surface area contributed by atoms with Crippen molar-refractivity contribution in [3.63, 3.8) is 0 Å². The van der Waals surface area contributed by atoms with Gasteiger partial charge in [-0.25, -0.2) is 15.4 Å². The van der Waals surface area contributed by atoms with E-state index in [-0.39, 0.29) is 25.2 Å². The average Bonchev–Trinajstić information content (AvgIpc) is 3.66. The second-order valence-electron chi connectivity index (χ2n) is 9.69. The van der Waals surface area contributed by atoms with Crippen molar-refractivity contribution < 1.29 is 29.5 Å². The van der Waals surface area contributed by atoms with Crippen molar-refractivity contribution in [1.29, 1.82) is 0 Å². The molecule has 222 valence electrons. The van der Waals surface area contributed by atoms with Gasteiger partial charge in [0.1, 0.15) is 18.1 Å². The van der Waals surface area contributed by atoms with Gasteiger partial charge >= 0.3 is 0 Å². The van der Waals surface area contributed by atoms with E-state index in [1.807, 2.05) is 0 Å². The molecule has 40 heavy (non-hydrogen) atoms. The first-order valence-electron chi connectivity index (χ1n) is 13.8. The summed E-state index contributed by atoms with van der Waals surface area (Å²) in [6, 6.07) is -3.64. The Kier molecular flexibility index (Phi) is 15.0. The zero-order chi connectivity index (χ0) is 29.2. The Morgan fingerprint density at radius 3 is 1.73 bits per heavy atom. The second kappa shape index (κ2) is 18.5. The van der Waals surface area contributed by atoms with Gasteiger partial charge in [-0.05, 0) is 6.42 Å². The number of amides is 4. The van der Waals surface area contributed by atoms with Gasteiger partial charge in [0.25, 0.3) is 5.91 Å². The molecule has 0 spiro atoms. The van der Waals surface area contributed by atoms with Crippen LogP contribution in [-0.4, -0.2) is 78.6 Å². The van der Waals surface area contributed by atoms with Crippen LogP contribution >= 0.6 is 0 Å². The number of aliphatic hydroxyl groups is 1. The van der Waals surface area contributed by atoms with E-state index in [1.54, 1.807) is 6.20 Å². The molecule has 14 nitrogen and oxygen atoms in total. The zero-order valence-electron chi connectivity index (χ0n) is 22.9. The monoisotopic (exact) mass is 562 g/mol. The molecule has 0 aromatic carbocycles. The van der Waals surface area contributed by atoms with Gasteiger partial charge in [0.15, 0.2) is 0 Å². The molecule has 0 unspecified atom stereocenters. The number of unbranched alkanes of at least 4 members (excludes halogenated alkanes) is 7. The van der Waals surface area contributed by atoms with E-state index in [1.165, 1.54) is 50.0 Å². The van der Waals surface area contributed by atoms with Gasteiger partial charge in [0.2, 0.25) is 17.7 Å². The Morgan fingerprint density at radius 1 is 0.750 bits per heavy atom. The molecule has 0 bridgehead atoms. The van der Waals surface area contributed by atoms with Gasteiger partial charge in [-0.2, -0.15) is 0 Å². The highest BCUT2D eigenvalue weighted by Crippen LogP contribution is 2.10. The van der Waals surface area contributed by atoms with Crippen molar-refractivity contribution in [2.45, 2.75) is 95.7 Å². The van der Waals surface area contributed by atoms with E-state index in [4.69, 9.17) is 5.21 Å². The number of imidazole rings is 2. The van der Waals surface area contributed by atoms with E-state index in [2.05, 4.69) is 42.8 Å². The highest BCUT2D eigenvalue weighted by molar-refractivity contribution is 5.94. The topological polar surface area (TPSA) is 214 Å². The number of H-pyrrole nitrogens is 2. The zero-order valence-corrected chi connectivity index (χ0v) is 22.9. The third kappa shape index (κ3) is 11.9. The number of hydroxylamine groups is 1. The average molecular weight is 563 g/mol. The number of aromatic nitrogens is 4. The maximum Gasteiger partial charge on any atom is 0.268 e. The maximum atomic E-state index is 13.4. The summed E-state index contributed by atoms with van der Waals surface area (Å²) in [5.74, 6) is -2.70. The SMILES string of the molecule is CCCCCCCCCCC(=O)N[C@@H](Cc1cnc[nH]1)C(=O)N[C@@H](Cc1cnc[nH]1)C(=O)N[C@@H](CO)C(=O)NO. The van der Waals surface area contributed by atoms with E-state index >= 15 is 0 Å². The van der Waals surface area contributed by atoms with Gasteiger partial charge in [0, 0.05) is 43.0 Å². The van der Waals surface area contributed by atoms with Crippen molar-refractivity contribution in [2.24, 2.45) is 0 Å². The summed E-state index contributed by atoms with van der Waals surface area (Å²) in [6.45, 7) is 1.40. The molecule has 8 N–H and O–H groups in total. The standard InChI is InChI=1S/C26H42N8O6/c1-2-3-4-5-6-7-8-9-10-23(36)31-20(11-18-13-27-16-29-18)24(37)32-21(12-19-14-28-17-30-19)25(38)33-22(15-35)26(39)34-40/h13-14,16-17,20-22,35,40H,2-12,15H2,1H3,(H,27,29)(H,28,30)(H,31,36)(H,32,37)(H,33,38)(H,34,39)/t20-,21-,22-/m0/s1. The molecule has 0 fully saturated rings. The number of carbonyl (C=O) groups is 4. The Morgan fingerprint density at radius 2 is 1.25 bits per heavy atom. The summed E-state index contributed by atoms with van der Waals surface area (Å²) in [5, 5.41) is 26.0. The molecule has 0 radical (unpaired) electrons. The lowest BCUT2D eigenvalue weighted by atomic mass is 10.1. The lowest BCUT2D eigenvalue weighted by Crippen LogP contribution is -2.58. The van der Waals surface area contributed by atoms with Crippen molar-refractivity contribution in [3.05, 3.63) is 36.4 Å². The van der Waals surface area contributed by atoms with Crippen molar-refractivity contribution in [3.8, 4) is 0 Å². The molecular weight excluding hydrogens is 520 g/mol. The third-order valence-electron chi connectivity index (χ3n) is 6.43. The Labute approximate surface area is 233 Å². The van der Waals surface area contributed by atoms with Gasteiger partial charge < -0.3 is 31.0 Å². The number of rotatable bonds is 20. The number of nitrogens with one attached hydrogen (secondary N) is 6. The van der Waals surface area contributed by atoms with Crippen LogP contribution in [0.1, 0.15) is 76.1 Å². The minimum Gasteiger partial charge on any atom is -0.394 e. The lowest BCUT2D eigenvalue weighted by molar-refractivity contribution is -0.137. The van der Waals surface area contributed by atoms with Crippen LogP contribution in [0, 0.1) is 0 Å². The molecule has 0 saturated heterocycles. The van der Waals surface area contributed by atoms with Crippen LogP contribution < -0.4 is 21.4 Å². The summed E-state index contributed by atoms with van der Waals surface area (Å²) in [6.07, 6.45) is 15.0. The van der Waals surface area contributed by atoms with E-state index in [0.717, 1.165) is 19.3 Å². The highest BCUT2D eigenvalue weighted by atomic mass is 16.5. The predicted molar refractivity (Wildman–Crippen MR) is 145 cm³/mol. The van der Waals surface area contributed by atoms with Crippen LogP contribution in [0.25, 0.3) is 0 Å². The van der Waals surface area contributed by atoms with E-state index < -0.39 is 42.5 Å². The molecule has 2 aromatic rings. The Balaban J connectivity index is 2.03. The smallest absolute Gasteiger partial charge is 0.268 e. The van der Waals surface area contributed by atoms with Crippen molar-refractivity contribution >= 4 is 23.6 Å². The van der Waals surface area contributed by atoms with Gasteiger partial charge in [-0.15, -0.1) is 0 Å². The summed E-state index contributed by atoms with van der Waals surface area (Å²) in [5.41, 5.74) is 2.51. The quantitative estimate of drug-likeness (QED) is 0.0641. The van der Waals surface area contributed by atoms with Crippen molar-refractivity contribution in [1.82, 2.24) is 41.4 Å². The number of nitrogens with zero attached hydrogens (tertiary/aromatic N) is 2. The summed E-state index contributed by atoms with van der Waals surface area (Å²) >= 11 is 0. The molecule has 2 aromatic heterocycles. The lowest BCUT2D eigenvalue weighted by Gasteiger charge is -2.24. The van der Waals surface area contributed by atoms with E-state index in [0.29, 0.717) is 17.8 Å². The van der Waals surface area contributed by atoms with Crippen LogP contribution in [0.5, 0.6) is 0 Å². The molecule has 14 heteroatoms. The summed E-state index contributed by atoms with van der Waals surface area (Å²) in [4.78, 5) is 64.5. The normalized spacial score (nSPS) is 13.2. The number of hydrogen-bond acceptors (Lipinski definition) is 8. The number of aromatic amines is 2. The minimum atomic E-state index is -1.44. The predicted octanol–water partition coefficient (Wildman–Crippen LogP) is 0.401. The molecule has 2 rings (SSSR count). The maximum absolute atomic E-state index is 13.4. The molecule has 3 atom stereocenters. The number of carbonyl (C=O) groups excluding carboxylic acids is 4. The van der Waals surface area contributed by atoms with E-state index in [9.17, 15) is 24.3 Å². The highest BCUT2D eigenvalue weighted by Gasteiger charge is 2.30. The fourth-order valence-corrected chi connectivity index (χ4v) is 4.15. The van der Waals surface area contributed by atoms with Crippen LogP contribution in [0.3, 0.4) is 0 Å². The van der Waals surface area contributed by atoms with Crippen LogP contribution in [0.15, 0.2) is 25.0 Å². The minimum absolute atomic E-state index is 0.0144. The number of hydrogen-bond donors (Lipinski definition) is 8. The first-order chi connectivity index (χ1) is 19.4. The second-order valence-corrected chi connectivity index (χ2v) is 9.69.